The molecular formula is C28H40N8O3. The van der Waals surface area contributed by atoms with E-state index in [0.29, 0.717) is 11.9 Å². The maximum atomic E-state index is 12.4. The zero-order chi connectivity index (χ0) is 27.6. The van der Waals surface area contributed by atoms with E-state index in [-0.39, 0.29) is 17.8 Å². The third-order valence-electron chi connectivity index (χ3n) is 7.49. The topological polar surface area (TPSA) is 117 Å². The summed E-state index contributed by atoms with van der Waals surface area (Å²) in [6, 6.07) is 6.32. The molecule has 1 atom stereocenters. The summed E-state index contributed by atoms with van der Waals surface area (Å²) in [6.07, 6.45) is 9.22. The van der Waals surface area contributed by atoms with Gasteiger partial charge in [0, 0.05) is 54.6 Å². The number of fused-ring (bicyclic) bond motifs is 1. The van der Waals surface area contributed by atoms with E-state index in [0.717, 1.165) is 68.0 Å². The molecule has 2 aromatic heterocycles. The fourth-order valence-corrected chi connectivity index (χ4v) is 5.55. The quantitative estimate of drug-likeness (QED) is 0.377. The first kappa shape index (κ1) is 27.0. The Morgan fingerprint density at radius 2 is 2.03 bits per heavy atom. The van der Waals surface area contributed by atoms with E-state index in [2.05, 4.69) is 26.0 Å². The van der Waals surface area contributed by atoms with Crippen LogP contribution in [0, 0.1) is 5.41 Å². The molecule has 0 radical (unpaired) electrons. The number of amides is 1. The highest BCUT2D eigenvalue weighted by Gasteiger charge is 2.48. The molecule has 1 spiro atoms. The monoisotopic (exact) mass is 536 g/mol. The van der Waals surface area contributed by atoms with Gasteiger partial charge in [0.15, 0.2) is 6.29 Å². The molecule has 0 bridgehead atoms. The molecule has 39 heavy (non-hydrogen) atoms. The van der Waals surface area contributed by atoms with Crippen LogP contribution < -0.4 is 16.1 Å². The van der Waals surface area contributed by atoms with Crippen molar-refractivity contribution in [3.63, 3.8) is 0 Å². The Hall–Kier alpha value is -3.60. The van der Waals surface area contributed by atoms with Crippen molar-refractivity contribution < 1.29 is 14.3 Å². The van der Waals surface area contributed by atoms with Gasteiger partial charge in [-0.25, -0.2) is 14.8 Å². The van der Waals surface area contributed by atoms with Crippen LogP contribution in [0.4, 0.5) is 10.6 Å². The fraction of sp³-hybridized carbons (Fsp3) is 0.571. The SMILES string of the molecule is CCN=CNc1ccc(-c2ccn3c2C(OC)=NC(NC2CCC4(CC2)CN(C(=O)OC(C)(C)C)C4)N3)cn1. The zero-order valence-electron chi connectivity index (χ0n) is 23.5. The molecule has 11 heteroatoms. The molecule has 5 rings (SSSR count). The van der Waals surface area contributed by atoms with E-state index in [1.54, 1.807) is 13.4 Å². The van der Waals surface area contributed by atoms with Crippen LogP contribution in [-0.4, -0.2) is 77.6 Å². The number of hydrogen-bond donors (Lipinski definition) is 3. The molecule has 3 aliphatic rings. The Bertz CT molecular complexity index is 1210. The number of ether oxygens (including phenoxy) is 2. The van der Waals surface area contributed by atoms with Crippen molar-refractivity contribution >= 4 is 24.1 Å². The second-order valence-electron chi connectivity index (χ2n) is 11.6. The van der Waals surface area contributed by atoms with Gasteiger partial charge in [0.1, 0.15) is 17.1 Å². The van der Waals surface area contributed by atoms with Gasteiger partial charge < -0.3 is 19.7 Å². The van der Waals surface area contributed by atoms with Gasteiger partial charge in [-0.15, -0.1) is 0 Å². The summed E-state index contributed by atoms with van der Waals surface area (Å²) in [5.41, 5.74) is 6.04. The molecule has 11 nitrogen and oxygen atoms in total. The smallest absolute Gasteiger partial charge is 0.410 e. The van der Waals surface area contributed by atoms with Crippen LogP contribution in [0.2, 0.25) is 0 Å². The van der Waals surface area contributed by atoms with Crippen LogP contribution in [0.25, 0.3) is 11.1 Å². The number of methoxy groups -OCH3 is 1. The molecule has 1 amide bonds. The number of rotatable bonds is 6. The van der Waals surface area contributed by atoms with E-state index in [1.807, 2.05) is 67.9 Å². The Morgan fingerprint density at radius 1 is 1.26 bits per heavy atom. The highest BCUT2D eigenvalue weighted by atomic mass is 16.6. The predicted molar refractivity (Wildman–Crippen MR) is 153 cm³/mol. The van der Waals surface area contributed by atoms with Crippen LogP contribution in [0.15, 0.2) is 40.6 Å². The van der Waals surface area contributed by atoms with E-state index >= 15 is 0 Å². The average Bonchev–Trinajstić information content (AvgIpc) is 3.31. The Balaban J connectivity index is 1.17. The van der Waals surface area contributed by atoms with Crippen LogP contribution >= 0.6 is 0 Å². The second kappa shape index (κ2) is 10.9. The largest absolute Gasteiger partial charge is 0.480 e. The Labute approximate surface area is 230 Å². The molecular weight excluding hydrogens is 496 g/mol. The molecule has 2 aromatic rings. The van der Waals surface area contributed by atoms with Crippen molar-refractivity contribution in [3.8, 4) is 11.1 Å². The van der Waals surface area contributed by atoms with E-state index in [9.17, 15) is 4.79 Å². The van der Waals surface area contributed by atoms with E-state index in [1.165, 1.54) is 0 Å². The fourth-order valence-electron chi connectivity index (χ4n) is 5.55. The number of anilines is 1. The lowest BCUT2D eigenvalue weighted by Gasteiger charge is -2.53. The lowest BCUT2D eigenvalue weighted by molar-refractivity contribution is -0.0519. The third kappa shape index (κ3) is 6.03. The lowest BCUT2D eigenvalue weighted by atomic mass is 9.67. The molecule has 2 fully saturated rings. The molecule has 2 aliphatic heterocycles. The maximum Gasteiger partial charge on any atom is 0.410 e. The van der Waals surface area contributed by atoms with Crippen LogP contribution in [0.1, 0.15) is 59.1 Å². The van der Waals surface area contributed by atoms with Gasteiger partial charge in [0.25, 0.3) is 0 Å². The number of pyridine rings is 1. The maximum absolute atomic E-state index is 12.4. The van der Waals surface area contributed by atoms with Gasteiger partial charge in [-0.2, -0.15) is 0 Å². The summed E-state index contributed by atoms with van der Waals surface area (Å²) in [5, 5.41) is 6.73. The summed E-state index contributed by atoms with van der Waals surface area (Å²) in [6.45, 7) is 10.00. The third-order valence-corrected chi connectivity index (χ3v) is 7.49. The molecule has 0 aromatic carbocycles. The van der Waals surface area contributed by atoms with Gasteiger partial charge in [0.05, 0.1) is 13.4 Å². The zero-order valence-corrected chi connectivity index (χ0v) is 23.5. The number of aliphatic imine (C=N–C) groups is 2. The molecule has 210 valence electrons. The highest BCUT2D eigenvalue weighted by Crippen LogP contribution is 2.44. The molecule has 1 saturated heterocycles. The number of carbonyl (C=O) groups excluding carboxylic acids is 1. The minimum absolute atomic E-state index is 0.201. The van der Waals surface area contributed by atoms with E-state index in [4.69, 9.17) is 14.5 Å². The van der Waals surface area contributed by atoms with Crippen molar-refractivity contribution in [1.82, 2.24) is 19.9 Å². The number of hydrogen-bond acceptors (Lipinski definition) is 8. The first-order valence-electron chi connectivity index (χ1n) is 13.7. The molecule has 1 saturated carbocycles. The molecule has 3 N–H and O–H groups in total. The van der Waals surface area contributed by atoms with Gasteiger partial charge in [-0.05, 0) is 71.6 Å². The summed E-state index contributed by atoms with van der Waals surface area (Å²) in [5.74, 6) is 1.31. The number of aromatic nitrogens is 2. The highest BCUT2D eigenvalue weighted by molar-refractivity contribution is 6.00. The Morgan fingerprint density at radius 3 is 2.67 bits per heavy atom. The van der Waals surface area contributed by atoms with Gasteiger partial charge in [0.2, 0.25) is 5.90 Å². The average molecular weight is 537 g/mol. The second-order valence-corrected chi connectivity index (χ2v) is 11.6. The summed E-state index contributed by atoms with van der Waals surface area (Å²) < 4.78 is 13.2. The number of likely N-dealkylation sites (tertiary alicyclic amines) is 1. The number of nitrogens with one attached hydrogen (secondary N) is 3. The van der Waals surface area contributed by atoms with Crippen LogP contribution in [0.3, 0.4) is 0 Å². The van der Waals surface area contributed by atoms with Crippen LogP contribution in [0.5, 0.6) is 0 Å². The minimum Gasteiger partial charge on any atom is -0.480 e. The summed E-state index contributed by atoms with van der Waals surface area (Å²) >= 11 is 0. The lowest BCUT2D eigenvalue weighted by Crippen LogP contribution is -2.61. The van der Waals surface area contributed by atoms with Crippen LogP contribution in [-0.2, 0) is 9.47 Å². The first-order valence-corrected chi connectivity index (χ1v) is 13.7. The molecule has 1 unspecified atom stereocenters. The summed E-state index contributed by atoms with van der Waals surface area (Å²) in [7, 11) is 1.65. The van der Waals surface area contributed by atoms with Crippen molar-refractivity contribution in [2.75, 3.05) is 37.5 Å². The summed E-state index contributed by atoms with van der Waals surface area (Å²) in [4.78, 5) is 27.7. The first-order chi connectivity index (χ1) is 18.7. The van der Waals surface area contributed by atoms with Crippen molar-refractivity contribution in [2.45, 2.75) is 71.3 Å². The van der Waals surface area contributed by atoms with Gasteiger partial charge in [-0.1, -0.05) is 0 Å². The number of nitrogens with zero attached hydrogens (tertiary/aromatic N) is 5. The van der Waals surface area contributed by atoms with Gasteiger partial charge in [-0.3, -0.25) is 20.4 Å². The minimum atomic E-state index is -0.459. The molecule has 4 heterocycles. The van der Waals surface area contributed by atoms with Crippen molar-refractivity contribution in [1.29, 1.82) is 0 Å². The van der Waals surface area contributed by atoms with Gasteiger partial charge >= 0.3 is 6.09 Å². The van der Waals surface area contributed by atoms with Crippen molar-refractivity contribution in [3.05, 3.63) is 36.3 Å². The standard InChI is InChI=1S/C28H40N8O3/c1-6-29-18-31-22-8-7-19(15-30-22)21-11-14-36-23(21)24(38-5)33-25(34-36)32-20-9-12-28(13-10-20)16-35(17-28)26(37)39-27(2,3)4/h7-8,11,14-15,18,20,25,32,34H,6,9-10,12-13,16-17H2,1-5H3,(H,29,30,31). The van der Waals surface area contributed by atoms with E-state index < -0.39 is 5.60 Å². The Kier molecular flexibility index (Phi) is 7.53. The van der Waals surface area contributed by atoms with Crippen molar-refractivity contribution in [2.24, 2.45) is 15.4 Å². The number of carbonyl (C=O) groups is 1. The predicted octanol–water partition coefficient (Wildman–Crippen LogP) is 4.01. The normalized spacial score (nSPS) is 20.7. The molecule has 1 aliphatic carbocycles.